The predicted octanol–water partition coefficient (Wildman–Crippen LogP) is 2.95. The Labute approximate surface area is 158 Å². The van der Waals surface area contributed by atoms with Gasteiger partial charge in [0.2, 0.25) is 11.8 Å². The van der Waals surface area contributed by atoms with Crippen LogP contribution in [-0.2, 0) is 9.59 Å². The van der Waals surface area contributed by atoms with Gasteiger partial charge < -0.3 is 5.32 Å². The van der Waals surface area contributed by atoms with Gasteiger partial charge in [0.25, 0.3) is 5.91 Å². The molecule has 1 aliphatic rings. The van der Waals surface area contributed by atoms with E-state index in [4.69, 9.17) is 0 Å². The molecule has 1 aliphatic heterocycles. The van der Waals surface area contributed by atoms with E-state index in [9.17, 15) is 14.4 Å². The molecule has 27 heavy (non-hydrogen) atoms. The molecule has 1 unspecified atom stereocenters. The summed E-state index contributed by atoms with van der Waals surface area (Å²) in [4.78, 5) is 36.0. The first-order valence-electron chi connectivity index (χ1n) is 8.95. The zero-order valence-electron chi connectivity index (χ0n) is 15.7. The molecule has 3 rings (SSSR count). The minimum absolute atomic E-state index is 0.125. The van der Waals surface area contributed by atoms with E-state index in [2.05, 4.69) is 16.8 Å². The molecule has 0 aromatic heterocycles. The first kappa shape index (κ1) is 18.6. The first-order valence-corrected chi connectivity index (χ1v) is 8.95. The number of anilines is 1. The lowest BCUT2D eigenvalue weighted by Crippen LogP contribution is -2.50. The average Bonchev–Trinajstić information content (AvgIpc) is 2.65. The first-order chi connectivity index (χ1) is 12.8. The standard InChI is InChI=1S/C21H23N3O3/c1-13-4-5-14(2)18(12-13)15(3)22-21(27)16-6-8-17(9-7-16)24-20(26)11-10-19(25)23-24/h4-9,12,15H,10-11H2,1-3H3,(H,22,27)(H,23,25). The van der Waals surface area contributed by atoms with E-state index in [1.54, 1.807) is 24.3 Å². The van der Waals surface area contributed by atoms with E-state index in [1.165, 1.54) is 5.01 Å². The van der Waals surface area contributed by atoms with Crippen molar-refractivity contribution in [3.8, 4) is 0 Å². The second kappa shape index (κ2) is 7.61. The van der Waals surface area contributed by atoms with Crippen LogP contribution >= 0.6 is 0 Å². The number of carbonyl (C=O) groups excluding carboxylic acids is 3. The van der Waals surface area contributed by atoms with E-state index >= 15 is 0 Å². The number of hydrogen-bond acceptors (Lipinski definition) is 3. The largest absolute Gasteiger partial charge is 0.346 e. The van der Waals surface area contributed by atoms with Gasteiger partial charge in [-0.3, -0.25) is 19.8 Å². The number of nitrogens with one attached hydrogen (secondary N) is 2. The lowest BCUT2D eigenvalue weighted by Gasteiger charge is -2.27. The number of amides is 3. The van der Waals surface area contributed by atoms with Crippen molar-refractivity contribution in [3.63, 3.8) is 0 Å². The van der Waals surface area contributed by atoms with Gasteiger partial charge in [-0.25, -0.2) is 5.01 Å². The number of hydrazine groups is 1. The summed E-state index contributed by atoms with van der Waals surface area (Å²) in [6.07, 6.45) is 0.382. The highest BCUT2D eigenvalue weighted by atomic mass is 16.2. The summed E-state index contributed by atoms with van der Waals surface area (Å²) in [5, 5.41) is 4.23. The van der Waals surface area contributed by atoms with Gasteiger partial charge in [-0.05, 0) is 56.2 Å². The topological polar surface area (TPSA) is 78.5 Å². The molecule has 1 saturated heterocycles. The Hall–Kier alpha value is -3.15. The van der Waals surface area contributed by atoms with Crippen LogP contribution in [0.5, 0.6) is 0 Å². The number of nitrogens with zero attached hydrogens (tertiary/aromatic N) is 1. The SMILES string of the molecule is Cc1ccc(C)c(C(C)NC(=O)c2ccc(N3NC(=O)CCC3=O)cc2)c1. The van der Waals surface area contributed by atoms with Gasteiger partial charge in [0.05, 0.1) is 11.7 Å². The van der Waals surface area contributed by atoms with Gasteiger partial charge in [0.1, 0.15) is 0 Å². The summed E-state index contributed by atoms with van der Waals surface area (Å²) in [6.45, 7) is 6.00. The molecular formula is C21H23N3O3. The molecule has 0 aliphatic carbocycles. The molecule has 6 heteroatoms. The van der Waals surface area contributed by atoms with Crippen LogP contribution in [0.1, 0.15) is 52.9 Å². The minimum atomic E-state index is -0.196. The van der Waals surface area contributed by atoms with Gasteiger partial charge in [-0.15, -0.1) is 0 Å². The van der Waals surface area contributed by atoms with Crippen molar-refractivity contribution >= 4 is 23.4 Å². The van der Waals surface area contributed by atoms with Crippen LogP contribution < -0.4 is 15.8 Å². The Morgan fingerprint density at radius 3 is 2.48 bits per heavy atom. The van der Waals surface area contributed by atoms with Crippen LogP contribution in [0.15, 0.2) is 42.5 Å². The number of benzene rings is 2. The van der Waals surface area contributed by atoms with Crippen LogP contribution in [-0.4, -0.2) is 17.7 Å². The Bertz CT molecular complexity index is 890. The van der Waals surface area contributed by atoms with Crippen molar-refractivity contribution in [2.75, 3.05) is 5.01 Å². The third kappa shape index (κ3) is 4.16. The third-order valence-corrected chi connectivity index (χ3v) is 4.69. The summed E-state index contributed by atoms with van der Waals surface area (Å²) in [5.41, 5.74) is 6.93. The molecule has 0 spiro atoms. The third-order valence-electron chi connectivity index (χ3n) is 4.69. The zero-order valence-corrected chi connectivity index (χ0v) is 15.7. The monoisotopic (exact) mass is 365 g/mol. The molecular weight excluding hydrogens is 342 g/mol. The Morgan fingerprint density at radius 2 is 1.78 bits per heavy atom. The highest BCUT2D eigenvalue weighted by Crippen LogP contribution is 2.21. The van der Waals surface area contributed by atoms with Crippen LogP contribution in [0, 0.1) is 13.8 Å². The quantitative estimate of drug-likeness (QED) is 0.874. The van der Waals surface area contributed by atoms with Gasteiger partial charge in [0.15, 0.2) is 0 Å². The van der Waals surface area contributed by atoms with Crippen LogP contribution in [0.25, 0.3) is 0 Å². The van der Waals surface area contributed by atoms with E-state index in [1.807, 2.05) is 32.9 Å². The second-order valence-corrected chi connectivity index (χ2v) is 6.87. The van der Waals surface area contributed by atoms with Crippen molar-refractivity contribution in [1.82, 2.24) is 10.7 Å². The van der Waals surface area contributed by atoms with Gasteiger partial charge in [-0.1, -0.05) is 23.8 Å². The lowest BCUT2D eigenvalue weighted by atomic mass is 9.99. The predicted molar refractivity (Wildman–Crippen MR) is 103 cm³/mol. The average molecular weight is 365 g/mol. The maximum absolute atomic E-state index is 12.6. The summed E-state index contributed by atoms with van der Waals surface area (Å²) >= 11 is 0. The fourth-order valence-corrected chi connectivity index (χ4v) is 3.13. The van der Waals surface area contributed by atoms with Crippen molar-refractivity contribution in [2.24, 2.45) is 0 Å². The van der Waals surface area contributed by atoms with E-state index in [0.717, 1.165) is 16.7 Å². The van der Waals surface area contributed by atoms with Crippen LogP contribution in [0.2, 0.25) is 0 Å². The van der Waals surface area contributed by atoms with Crippen LogP contribution in [0.3, 0.4) is 0 Å². The smallest absolute Gasteiger partial charge is 0.251 e. The number of rotatable bonds is 4. The van der Waals surface area contributed by atoms with Crippen molar-refractivity contribution in [3.05, 3.63) is 64.7 Å². The second-order valence-electron chi connectivity index (χ2n) is 6.87. The molecule has 6 nitrogen and oxygen atoms in total. The van der Waals surface area contributed by atoms with Crippen molar-refractivity contribution in [1.29, 1.82) is 0 Å². The fourth-order valence-electron chi connectivity index (χ4n) is 3.13. The van der Waals surface area contributed by atoms with Gasteiger partial charge >= 0.3 is 0 Å². The minimum Gasteiger partial charge on any atom is -0.346 e. The van der Waals surface area contributed by atoms with Crippen molar-refractivity contribution < 1.29 is 14.4 Å². The summed E-state index contributed by atoms with van der Waals surface area (Å²) < 4.78 is 0. The molecule has 3 amide bonds. The number of hydrogen-bond donors (Lipinski definition) is 2. The Balaban J connectivity index is 1.71. The molecule has 0 saturated carbocycles. The zero-order chi connectivity index (χ0) is 19.6. The van der Waals surface area contributed by atoms with Crippen LogP contribution in [0.4, 0.5) is 5.69 Å². The highest BCUT2D eigenvalue weighted by Gasteiger charge is 2.24. The molecule has 0 radical (unpaired) electrons. The molecule has 0 bridgehead atoms. The molecule has 140 valence electrons. The number of carbonyl (C=O) groups is 3. The Kier molecular flexibility index (Phi) is 5.26. The van der Waals surface area contributed by atoms with E-state index in [-0.39, 0.29) is 36.6 Å². The van der Waals surface area contributed by atoms with Gasteiger partial charge in [-0.2, -0.15) is 0 Å². The van der Waals surface area contributed by atoms with Crippen molar-refractivity contribution in [2.45, 2.75) is 39.7 Å². The summed E-state index contributed by atoms with van der Waals surface area (Å²) in [5.74, 6) is -0.557. The fraction of sp³-hybridized carbons (Fsp3) is 0.286. The molecule has 2 aromatic rings. The maximum atomic E-state index is 12.6. The molecule has 1 fully saturated rings. The van der Waals surface area contributed by atoms with E-state index < -0.39 is 0 Å². The molecule has 1 atom stereocenters. The van der Waals surface area contributed by atoms with Gasteiger partial charge in [0, 0.05) is 18.4 Å². The summed E-state index contributed by atoms with van der Waals surface area (Å²) in [7, 11) is 0. The normalized spacial score (nSPS) is 15.3. The highest BCUT2D eigenvalue weighted by molar-refractivity contribution is 6.01. The lowest BCUT2D eigenvalue weighted by molar-refractivity contribution is -0.130. The molecule has 2 N–H and O–H groups in total. The Morgan fingerprint density at radius 1 is 1.07 bits per heavy atom. The molecule has 1 heterocycles. The summed E-state index contributed by atoms with van der Waals surface area (Å²) in [6, 6.07) is 12.7. The molecule has 2 aromatic carbocycles. The van der Waals surface area contributed by atoms with E-state index in [0.29, 0.717) is 11.3 Å². The number of aryl methyl sites for hydroxylation is 2. The maximum Gasteiger partial charge on any atom is 0.251 e.